The van der Waals surface area contributed by atoms with Gasteiger partial charge in [0.15, 0.2) is 0 Å². The Hall–Kier alpha value is -1.34. The minimum absolute atomic E-state index is 0.131. The fourth-order valence-electron chi connectivity index (χ4n) is 2.01. The molecule has 0 aromatic heterocycles. The second-order valence-corrected chi connectivity index (χ2v) is 4.85. The monoisotopic (exact) mass is 279 g/mol. The lowest BCUT2D eigenvalue weighted by molar-refractivity contribution is -0.126. The van der Waals surface area contributed by atoms with Crippen molar-refractivity contribution in [3.63, 3.8) is 0 Å². The molecule has 4 heteroatoms. The number of Topliss-reactive ketones (excluding diaryl/α,β-unsaturated/α-hetero) is 1. The van der Waals surface area contributed by atoms with Crippen LogP contribution in [0.1, 0.15) is 18.4 Å². The van der Waals surface area contributed by atoms with Gasteiger partial charge in [-0.1, -0.05) is 22.0 Å². The summed E-state index contributed by atoms with van der Waals surface area (Å²) in [6.45, 7) is 0. The maximum absolute atomic E-state index is 11.1. The van der Waals surface area contributed by atoms with Gasteiger partial charge in [0.05, 0.1) is 18.6 Å². The van der Waals surface area contributed by atoms with Gasteiger partial charge in [0.2, 0.25) is 0 Å². The fourth-order valence-corrected chi connectivity index (χ4v) is 2.35. The Bertz CT molecular complexity index is 482. The normalized spacial score (nSPS) is 17.4. The van der Waals surface area contributed by atoms with Gasteiger partial charge in [-0.3, -0.25) is 4.79 Å². The van der Waals surface area contributed by atoms with E-state index in [0.29, 0.717) is 18.6 Å². The molecule has 0 atom stereocenters. The Morgan fingerprint density at radius 3 is 2.69 bits per heavy atom. The fraction of sp³-hybridized carbons (Fsp3) is 0.333. The molecular formula is C12H10BrNO2. The van der Waals surface area contributed by atoms with Gasteiger partial charge >= 0.3 is 0 Å². The lowest BCUT2D eigenvalue weighted by atomic mass is 9.64. The molecule has 0 bridgehead atoms. The van der Waals surface area contributed by atoms with E-state index in [4.69, 9.17) is 4.74 Å². The molecule has 1 aromatic carbocycles. The first kappa shape index (κ1) is 11.2. The van der Waals surface area contributed by atoms with Gasteiger partial charge in [-0.15, -0.1) is 0 Å². The highest BCUT2D eigenvalue weighted by molar-refractivity contribution is 9.10. The number of halogens is 1. The third-order valence-corrected chi connectivity index (χ3v) is 3.38. The van der Waals surface area contributed by atoms with Crippen LogP contribution in [-0.4, -0.2) is 12.9 Å². The van der Waals surface area contributed by atoms with Crippen LogP contribution in [0.5, 0.6) is 5.75 Å². The second kappa shape index (κ2) is 3.91. The Balaban J connectivity index is 2.48. The molecule has 0 spiro atoms. The quantitative estimate of drug-likeness (QED) is 0.836. The molecule has 0 aliphatic heterocycles. The van der Waals surface area contributed by atoms with Crippen molar-refractivity contribution >= 4 is 21.7 Å². The van der Waals surface area contributed by atoms with Crippen LogP contribution in [-0.2, 0) is 10.2 Å². The van der Waals surface area contributed by atoms with E-state index in [0.717, 1.165) is 10.0 Å². The SMILES string of the molecule is COc1cc(Br)ccc1C1(C#N)CC(=O)C1. The number of benzene rings is 1. The molecule has 1 aromatic rings. The molecule has 1 aliphatic carbocycles. The van der Waals surface area contributed by atoms with Crippen molar-refractivity contribution in [2.45, 2.75) is 18.3 Å². The van der Waals surface area contributed by atoms with E-state index >= 15 is 0 Å². The zero-order valence-corrected chi connectivity index (χ0v) is 10.4. The zero-order chi connectivity index (χ0) is 11.8. The Morgan fingerprint density at radius 1 is 1.50 bits per heavy atom. The number of nitriles is 1. The number of ketones is 1. The average Bonchev–Trinajstić information content (AvgIpc) is 2.24. The topological polar surface area (TPSA) is 50.1 Å². The molecule has 16 heavy (non-hydrogen) atoms. The third-order valence-electron chi connectivity index (χ3n) is 2.89. The molecule has 0 N–H and O–H groups in total. The van der Waals surface area contributed by atoms with Crippen molar-refractivity contribution in [3.8, 4) is 11.8 Å². The minimum atomic E-state index is -0.677. The lowest BCUT2D eigenvalue weighted by Crippen LogP contribution is -2.40. The molecule has 0 heterocycles. The van der Waals surface area contributed by atoms with Gasteiger partial charge in [-0.05, 0) is 12.1 Å². The van der Waals surface area contributed by atoms with Gasteiger partial charge < -0.3 is 4.74 Å². The van der Waals surface area contributed by atoms with Crippen LogP contribution in [0, 0.1) is 11.3 Å². The molecule has 0 amide bonds. The Kier molecular flexibility index (Phi) is 2.73. The molecule has 0 unspecified atom stereocenters. The van der Waals surface area contributed by atoms with E-state index in [1.165, 1.54) is 0 Å². The van der Waals surface area contributed by atoms with E-state index in [-0.39, 0.29) is 5.78 Å². The molecule has 0 saturated heterocycles. The molecular weight excluding hydrogens is 270 g/mol. The highest BCUT2D eigenvalue weighted by Crippen LogP contribution is 2.45. The van der Waals surface area contributed by atoms with Crippen molar-refractivity contribution in [1.29, 1.82) is 5.26 Å². The largest absolute Gasteiger partial charge is 0.496 e. The third kappa shape index (κ3) is 1.61. The summed E-state index contributed by atoms with van der Waals surface area (Å²) in [4.78, 5) is 11.1. The molecule has 0 radical (unpaired) electrons. The first-order valence-electron chi connectivity index (χ1n) is 4.88. The van der Waals surface area contributed by atoms with E-state index in [9.17, 15) is 10.1 Å². The zero-order valence-electron chi connectivity index (χ0n) is 8.79. The number of ether oxygens (including phenoxy) is 1. The van der Waals surface area contributed by atoms with Gasteiger partial charge in [0, 0.05) is 22.9 Å². The standard InChI is InChI=1S/C12H10BrNO2/c1-16-11-4-8(13)2-3-10(11)12(7-14)5-9(15)6-12/h2-4H,5-6H2,1H3. The van der Waals surface area contributed by atoms with Gasteiger partial charge in [0.25, 0.3) is 0 Å². The number of rotatable bonds is 2. The molecule has 2 rings (SSSR count). The maximum atomic E-state index is 11.1. The first-order chi connectivity index (χ1) is 7.61. The predicted molar refractivity (Wildman–Crippen MR) is 62.2 cm³/mol. The highest BCUT2D eigenvalue weighted by Gasteiger charge is 2.47. The van der Waals surface area contributed by atoms with Crippen molar-refractivity contribution in [2.24, 2.45) is 0 Å². The van der Waals surface area contributed by atoms with E-state index in [2.05, 4.69) is 22.0 Å². The lowest BCUT2D eigenvalue weighted by Gasteiger charge is -2.35. The summed E-state index contributed by atoms with van der Waals surface area (Å²) in [6.07, 6.45) is 0.586. The van der Waals surface area contributed by atoms with Crippen LogP contribution >= 0.6 is 15.9 Å². The molecule has 3 nitrogen and oxygen atoms in total. The molecule has 1 aliphatic rings. The van der Waals surface area contributed by atoms with E-state index < -0.39 is 5.41 Å². The summed E-state index contributed by atoms with van der Waals surface area (Å²) < 4.78 is 6.15. The van der Waals surface area contributed by atoms with Crippen molar-refractivity contribution in [1.82, 2.24) is 0 Å². The Morgan fingerprint density at radius 2 is 2.19 bits per heavy atom. The number of nitrogens with zero attached hydrogens (tertiary/aromatic N) is 1. The smallest absolute Gasteiger partial charge is 0.136 e. The van der Waals surface area contributed by atoms with Crippen LogP contribution in [0.15, 0.2) is 22.7 Å². The van der Waals surface area contributed by atoms with Crippen LogP contribution < -0.4 is 4.74 Å². The molecule has 82 valence electrons. The maximum Gasteiger partial charge on any atom is 0.136 e. The van der Waals surface area contributed by atoms with E-state index in [1.54, 1.807) is 7.11 Å². The van der Waals surface area contributed by atoms with Crippen molar-refractivity contribution in [2.75, 3.05) is 7.11 Å². The summed E-state index contributed by atoms with van der Waals surface area (Å²) in [5.74, 6) is 0.787. The van der Waals surface area contributed by atoms with Gasteiger partial charge in [-0.25, -0.2) is 0 Å². The van der Waals surface area contributed by atoms with E-state index in [1.807, 2.05) is 18.2 Å². The van der Waals surface area contributed by atoms with Gasteiger partial charge in [-0.2, -0.15) is 5.26 Å². The van der Waals surface area contributed by atoms with Crippen molar-refractivity contribution < 1.29 is 9.53 Å². The summed E-state index contributed by atoms with van der Waals surface area (Å²) >= 11 is 3.35. The number of hydrogen-bond donors (Lipinski definition) is 0. The number of methoxy groups -OCH3 is 1. The summed E-state index contributed by atoms with van der Waals surface area (Å²) in [5.41, 5.74) is 0.128. The van der Waals surface area contributed by atoms with Gasteiger partial charge in [0.1, 0.15) is 11.5 Å². The van der Waals surface area contributed by atoms with Crippen LogP contribution in [0.4, 0.5) is 0 Å². The number of hydrogen-bond acceptors (Lipinski definition) is 3. The van der Waals surface area contributed by atoms with Crippen LogP contribution in [0.3, 0.4) is 0 Å². The highest BCUT2D eigenvalue weighted by atomic mass is 79.9. The average molecular weight is 280 g/mol. The first-order valence-corrected chi connectivity index (χ1v) is 5.67. The second-order valence-electron chi connectivity index (χ2n) is 3.93. The van der Waals surface area contributed by atoms with Crippen LogP contribution in [0.25, 0.3) is 0 Å². The minimum Gasteiger partial charge on any atom is -0.496 e. The summed E-state index contributed by atoms with van der Waals surface area (Å²) in [5, 5.41) is 9.23. The molecule has 1 fully saturated rings. The molecule has 1 saturated carbocycles. The summed E-state index contributed by atoms with van der Waals surface area (Å²) in [7, 11) is 1.57. The number of carbonyl (C=O) groups excluding carboxylic acids is 1. The summed E-state index contributed by atoms with van der Waals surface area (Å²) in [6, 6.07) is 7.76. The Labute approximate surface area is 102 Å². The predicted octanol–water partition coefficient (Wildman–Crippen LogP) is 2.58. The number of carbonyl (C=O) groups is 1. The van der Waals surface area contributed by atoms with Crippen LogP contribution in [0.2, 0.25) is 0 Å². The van der Waals surface area contributed by atoms with Crippen molar-refractivity contribution in [3.05, 3.63) is 28.2 Å².